The summed E-state index contributed by atoms with van der Waals surface area (Å²) in [5.41, 5.74) is 5.16. The standard InChI is InChI=1S/C21H15N3O/c25-16-11-9-15(10-12-16)17-5-4-14-23-21(17)20-8-3-7-19(24-20)18-6-1-2-13-22-18/h1-14,25H. The van der Waals surface area contributed by atoms with Crippen LogP contribution in [0.3, 0.4) is 0 Å². The lowest BCUT2D eigenvalue weighted by Crippen LogP contribution is -1.94. The minimum Gasteiger partial charge on any atom is -0.508 e. The Kier molecular flexibility index (Phi) is 3.92. The van der Waals surface area contributed by atoms with E-state index in [-0.39, 0.29) is 5.75 Å². The summed E-state index contributed by atoms with van der Waals surface area (Å²) in [6.45, 7) is 0. The summed E-state index contributed by atoms with van der Waals surface area (Å²) in [7, 11) is 0. The second-order valence-corrected chi connectivity index (χ2v) is 5.57. The predicted octanol–water partition coefficient (Wildman–Crippen LogP) is 4.58. The van der Waals surface area contributed by atoms with Crippen LogP contribution in [0.25, 0.3) is 33.9 Å². The van der Waals surface area contributed by atoms with E-state index in [1.165, 1.54) is 0 Å². The van der Waals surface area contributed by atoms with Crippen molar-refractivity contribution in [2.75, 3.05) is 0 Å². The molecule has 0 bridgehead atoms. The van der Waals surface area contributed by atoms with Crippen molar-refractivity contribution in [2.45, 2.75) is 0 Å². The molecule has 120 valence electrons. The summed E-state index contributed by atoms with van der Waals surface area (Å²) >= 11 is 0. The molecule has 0 radical (unpaired) electrons. The van der Waals surface area contributed by atoms with Gasteiger partial charge >= 0.3 is 0 Å². The fourth-order valence-electron chi connectivity index (χ4n) is 2.71. The number of hydrogen-bond acceptors (Lipinski definition) is 4. The monoisotopic (exact) mass is 325 g/mol. The molecule has 25 heavy (non-hydrogen) atoms. The second kappa shape index (κ2) is 6.53. The molecule has 0 amide bonds. The molecule has 0 aliphatic carbocycles. The van der Waals surface area contributed by atoms with Crippen LogP contribution in [0.2, 0.25) is 0 Å². The molecule has 0 atom stereocenters. The maximum absolute atomic E-state index is 9.52. The molecule has 0 saturated heterocycles. The van der Waals surface area contributed by atoms with Crippen molar-refractivity contribution in [1.82, 2.24) is 15.0 Å². The third-order valence-corrected chi connectivity index (χ3v) is 3.91. The van der Waals surface area contributed by atoms with Crippen LogP contribution in [0.15, 0.2) is 85.2 Å². The number of nitrogens with zero attached hydrogens (tertiary/aromatic N) is 3. The van der Waals surface area contributed by atoms with Crippen LogP contribution >= 0.6 is 0 Å². The number of aromatic hydroxyl groups is 1. The zero-order valence-corrected chi connectivity index (χ0v) is 13.4. The normalized spacial score (nSPS) is 10.6. The molecule has 3 aromatic heterocycles. The van der Waals surface area contributed by atoms with Gasteiger partial charge in [-0.15, -0.1) is 0 Å². The highest BCUT2D eigenvalue weighted by Crippen LogP contribution is 2.30. The first-order chi connectivity index (χ1) is 12.3. The van der Waals surface area contributed by atoms with Crippen molar-refractivity contribution in [3.63, 3.8) is 0 Å². The van der Waals surface area contributed by atoms with Crippen molar-refractivity contribution in [1.29, 1.82) is 0 Å². The first-order valence-corrected chi connectivity index (χ1v) is 7.94. The van der Waals surface area contributed by atoms with Gasteiger partial charge < -0.3 is 5.11 Å². The van der Waals surface area contributed by atoms with Gasteiger partial charge in [-0.3, -0.25) is 9.97 Å². The minimum atomic E-state index is 0.240. The predicted molar refractivity (Wildman–Crippen MR) is 97.8 cm³/mol. The third-order valence-electron chi connectivity index (χ3n) is 3.91. The van der Waals surface area contributed by atoms with Crippen LogP contribution in [-0.2, 0) is 0 Å². The Morgan fingerprint density at radius 3 is 2.16 bits per heavy atom. The highest BCUT2D eigenvalue weighted by molar-refractivity contribution is 5.79. The molecule has 4 heteroatoms. The number of pyridine rings is 3. The lowest BCUT2D eigenvalue weighted by molar-refractivity contribution is 0.475. The van der Waals surface area contributed by atoms with Crippen molar-refractivity contribution >= 4 is 0 Å². The summed E-state index contributed by atoms with van der Waals surface area (Å²) in [5, 5.41) is 9.52. The Bertz CT molecular complexity index is 999. The van der Waals surface area contributed by atoms with E-state index in [1.54, 1.807) is 24.5 Å². The highest BCUT2D eigenvalue weighted by atomic mass is 16.3. The SMILES string of the molecule is Oc1ccc(-c2cccnc2-c2cccc(-c3ccccn3)n2)cc1. The lowest BCUT2D eigenvalue weighted by Gasteiger charge is -2.09. The zero-order valence-electron chi connectivity index (χ0n) is 13.4. The first-order valence-electron chi connectivity index (χ1n) is 7.94. The summed E-state index contributed by atoms with van der Waals surface area (Å²) in [5.74, 6) is 0.240. The molecule has 0 aliphatic rings. The minimum absolute atomic E-state index is 0.240. The summed E-state index contributed by atoms with van der Waals surface area (Å²) in [6, 6.07) is 22.6. The van der Waals surface area contributed by atoms with Crippen LogP contribution in [0.5, 0.6) is 5.75 Å². The first kappa shape index (κ1) is 15.0. The maximum atomic E-state index is 9.52. The van der Waals surface area contributed by atoms with Crippen molar-refractivity contribution < 1.29 is 5.11 Å². The van der Waals surface area contributed by atoms with E-state index in [0.29, 0.717) is 0 Å². The molecule has 1 aromatic carbocycles. The van der Waals surface area contributed by atoms with Crippen molar-refractivity contribution in [2.24, 2.45) is 0 Å². The van der Waals surface area contributed by atoms with E-state index < -0.39 is 0 Å². The van der Waals surface area contributed by atoms with Gasteiger partial charge in [-0.25, -0.2) is 4.98 Å². The van der Waals surface area contributed by atoms with E-state index in [4.69, 9.17) is 4.98 Å². The molecule has 1 N–H and O–H groups in total. The molecule has 4 nitrogen and oxygen atoms in total. The highest BCUT2D eigenvalue weighted by Gasteiger charge is 2.11. The van der Waals surface area contributed by atoms with Gasteiger partial charge in [0.1, 0.15) is 5.75 Å². The molecule has 3 heterocycles. The number of benzene rings is 1. The van der Waals surface area contributed by atoms with Gasteiger partial charge in [0, 0.05) is 18.0 Å². The third kappa shape index (κ3) is 3.10. The van der Waals surface area contributed by atoms with Crippen LogP contribution < -0.4 is 0 Å². The molecule has 4 aromatic rings. The van der Waals surface area contributed by atoms with Gasteiger partial charge in [0.15, 0.2) is 0 Å². The number of rotatable bonds is 3. The van der Waals surface area contributed by atoms with Gasteiger partial charge in [-0.1, -0.05) is 30.3 Å². The molecular weight excluding hydrogens is 310 g/mol. The van der Waals surface area contributed by atoms with Crippen LogP contribution in [-0.4, -0.2) is 20.1 Å². The lowest BCUT2D eigenvalue weighted by atomic mass is 10.0. The second-order valence-electron chi connectivity index (χ2n) is 5.57. The fraction of sp³-hybridized carbons (Fsp3) is 0. The summed E-state index contributed by atoms with van der Waals surface area (Å²) in [4.78, 5) is 13.6. The molecule has 0 fully saturated rings. The Morgan fingerprint density at radius 2 is 1.36 bits per heavy atom. The summed E-state index contributed by atoms with van der Waals surface area (Å²) in [6.07, 6.45) is 3.51. The van der Waals surface area contributed by atoms with Gasteiger partial charge in [0.2, 0.25) is 0 Å². The Balaban J connectivity index is 1.82. The average Bonchev–Trinajstić information content (AvgIpc) is 2.69. The number of phenols is 1. The molecule has 4 rings (SSSR count). The maximum Gasteiger partial charge on any atom is 0.115 e. The van der Waals surface area contributed by atoms with E-state index >= 15 is 0 Å². The Labute approximate surface area is 145 Å². The average molecular weight is 325 g/mol. The van der Waals surface area contributed by atoms with E-state index in [9.17, 15) is 5.11 Å². The Morgan fingerprint density at radius 1 is 0.600 bits per heavy atom. The molecule has 0 spiro atoms. The topological polar surface area (TPSA) is 58.9 Å². The van der Waals surface area contributed by atoms with Gasteiger partial charge in [0.05, 0.1) is 22.8 Å². The van der Waals surface area contributed by atoms with Crippen molar-refractivity contribution in [3.8, 4) is 39.7 Å². The summed E-state index contributed by atoms with van der Waals surface area (Å²) < 4.78 is 0. The zero-order chi connectivity index (χ0) is 17.1. The largest absolute Gasteiger partial charge is 0.508 e. The van der Waals surface area contributed by atoms with E-state index in [0.717, 1.165) is 33.9 Å². The van der Waals surface area contributed by atoms with Crippen LogP contribution in [0.4, 0.5) is 0 Å². The fourth-order valence-corrected chi connectivity index (χ4v) is 2.71. The van der Waals surface area contributed by atoms with E-state index in [1.807, 2.05) is 60.7 Å². The van der Waals surface area contributed by atoms with Gasteiger partial charge in [0.25, 0.3) is 0 Å². The number of hydrogen-bond donors (Lipinski definition) is 1. The molecule has 0 unspecified atom stereocenters. The number of aromatic nitrogens is 3. The van der Waals surface area contributed by atoms with Gasteiger partial charge in [-0.05, 0) is 48.0 Å². The molecule has 0 aliphatic heterocycles. The van der Waals surface area contributed by atoms with Crippen molar-refractivity contribution in [3.05, 3.63) is 85.2 Å². The number of phenolic OH excluding ortho intramolecular Hbond substituents is 1. The smallest absolute Gasteiger partial charge is 0.115 e. The van der Waals surface area contributed by atoms with E-state index in [2.05, 4.69) is 9.97 Å². The quantitative estimate of drug-likeness (QED) is 0.599. The van der Waals surface area contributed by atoms with Crippen LogP contribution in [0.1, 0.15) is 0 Å². The molecular formula is C21H15N3O. The Hall–Kier alpha value is -3.53. The van der Waals surface area contributed by atoms with Crippen LogP contribution in [0, 0.1) is 0 Å². The molecule has 0 saturated carbocycles. The van der Waals surface area contributed by atoms with Gasteiger partial charge in [-0.2, -0.15) is 0 Å².